The van der Waals surface area contributed by atoms with E-state index in [2.05, 4.69) is 21.2 Å². The van der Waals surface area contributed by atoms with Crippen molar-refractivity contribution in [1.29, 1.82) is 0 Å². The topological polar surface area (TPSA) is 105 Å². The van der Waals surface area contributed by atoms with Gasteiger partial charge in [-0.15, -0.1) is 0 Å². The van der Waals surface area contributed by atoms with Crippen molar-refractivity contribution in [3.05, 3.63) is 88.4 Å². The van der Waals surface area contributed by atoms with Crippen molar-refractivity contribution < 1.29 is 27.5 Å². The number of nitrogens with zero attached hydrogens (tertiary/aromatic N) is 2. The summed E-state index contributed by atoms with van der Waals surface area (Å²) in [6.07, 6.45) is 2.56. The van der Waals surface area contributed by atoms with Gasteiger partial charge in [0.05, 0.1) is 11.9 Å². The highest BCUT2D eigenvalue weighted by molar-refractivity contribution is 9.10. The zero-order valence-electron chi connectivity index (χ0n) is 24.5. The number of anilines is 1. The van der Waals surface area contributed by atoms with Crippen LogP contribution >= 0.6 is 15.9 Å². The van der Waals surface area contributed by atoms with Crippen LogP contribution in [0.4, 0.5) is 5.69 Å². The van der Waals surface area contributed by atoms with Crippen molar-refractivity contribution >= 4 is 43.5 Å². The van der Waals surface area contributed by atoms with Crippen LogP contribution in [0.2, 0.25) is 0 Å². The van der Waals surface area contributed by atoms with Gasteiger partial charge in [0.2, 0.25) is 21.8 Å². The molecule has 0 saturated carbocycles. The SMILES string of the molecule is CCCNC(=O)[C@@H](Cc1ccccc1)N(Cc1cccc(Br)c1)C(=O)CCCN(c1ccc2c(c1)OCCO2)S(C)(=O)=O. The average Bonchev–Trinajstić information content (AvgIpc) is 2.99. The average molecular weight is 673 g/mol. The molecule has 1 N–H and O–H groups in total. The molecule has 3 aromatic carbocycles. The van der Waals surface area contributed by atoms with Crippen molar-refractivity contribution in [3.8, 4) is 11.5 Å². The predicted octanol–water partition coefficient (Wildman–Crippen LogP) is 4.93. The second kappa shape index (κ2) is 15.2. The second-order valence-corrected chi connectivity index (χ2v) is 13.2. The molecule has 43 heavy (non-hydrogen) atoms. The van der Waals surface area contributed by atoms with Gasteiger partial charge in [0.1, 0.15) is 19.3 Å². The maximum absolute atomic E-state index is 13.9. The molecule has 230 valence electrons. The van der Waals surface area contributed by atoms with Crippen molar-refractivity contribution in [2.75, 3.05) is 36.9 Å². The summed E-state index contributed by atoms with van der Waals surface area (Å²) in [7, 11) is -3.65. The number of hydrogen-bond donors (Lipinski definition) is 1. The number of halogens is 1. The van der Waals surface area contributed by atoms with Crippen molar-refractivity contribution in [2.45, 2.75) is 45.2 Å². The van der Waals surface area contributed by atoms with Crippen molar-refractivity contribution in [3.63, 3.8) is 0 Å². The summed E-state index contributed by atoms with van der Waals surface area (Å²) >= 11 is 3.50. The minimum Gasteiger partial charge on any atom is -0.486 e. The molecule has 1 aliphatic heterocycles. The molecule has 1 aliphatic rings. The second-order valence-electron chi connectivity index (χ2n) is 10.4. The summed E-state index contributed by atoms with van der Waals surface area (Å²) in [5.41, 5.74) is 2.25. The number of sulfonamides is 1. The molecule has 11 heteroatoms. The predicted molar refractivity (Wildman–Crippen MR) is 171 cm³/mol. The van der Waals surface area contributed by atoms with Crippen LogP contribution in [0.5, 0.6) is 11.5 Å². The lowest BCUT2D eigenvalue weighted by Crippen LogP contribution is -2.50. The number of carbonyl (C=O) groups excluding carboxylic acids is 2. The van der Waals surface area contributed by atoms with Crippen LogP contribution < -0.4 is 19.1 Å². The summed E-state index contributed by atoms with van der Waals surface area (Å²) in [5, 5.41) is 2.97. The van der Waals surface area contributed by atoms with Crippen LogP contribution in [-0.2, 0) is 32.6 Å². The Labute approximate surface area is 262 Å². The molecule has 0 bridgehead atoms. The standard InChI is InChI=1S/C32H38BrN3O6S/c1-3-16-34-32(38)28(21-24-9-5-4-6-10-24)35(23-25-11-7-12-26(33)20-25)31(37)13-8-17-36(43(2,39)40)27-14-15-29-30(22-27)42-19-18-41-29/h4-7,9-12,14-15,20,22,28H,3,8,13,16-19,21,23H2,1-2H3,(H,34,38)/t28-/m1/s1. The number of hydrogen-bond acceptors (Lipinski definition) is 6. The molecule has 3 aromatic rings. The number of amides is 2. The molecular formula is C32H38BrN3O6S. The fraction of sp³-hybridized carbons (Fsp3) is 0.375. The molecule has 2 amide bonds. The van der Waals surface area contributed by atoms with Crippen LogP contribution in [0.25, 0.3) is 0 Å². The molecule has 0 aromatic heterocycles. The molecule has 0 spiro atoms. The zero-order chi connectivity index (χ0) is 30.8. The van der Waals surface area contributed by atoms with E-state index in [0.29, 0.717) is 43.4 Å². The van der Waals surface area contributed by atoms with E-state index in [1.165, 1.54) is 4.31 Å². The van der Waals surface area contributed by atoms with E-state index in [-0.39, 0.29) is 37.7 Å². The van der Waals surface area contributed by atoms with Gasteiger partial charge in [0.15, 0.2) is 11.5 Å². The lowest BCUT2D eigenvalue weighted by Gasteiger charge is -2.32. The molecule has 1 atom stereocenters. The summed E-state index contributed by atoms with van der Waals surface area (Å²) < 4.78 is 38.9. The largest absolute Gasteiger partial charge is 0.486 e. The fourth-order valence-corrected chi connectivity index (χ4v) is 6.35. The number of fused-ring (bicyclic) bond motifs is 1. The third-order valence-electron chi connectivity index (χ3n) is 7.03. The van der Waals surface area contributed by atoms with E-state index < -0.39 is 16.1 Å². The minimum absolute atomic E-state index is 0.0525. The third-order valence-corrected chi connectivity index (χ3v) is 8.72. The van der Waals surface area contributed by atoms with Gasteiger partial charge in [-0.3, -0.25) is 13.9 Å². The van der Waals surface area contributed by atoms with E-state index >= 15 is 0 Å². The highest BCUT2D eigenvalue weighted by Gasteiger charge is 2.30. The van der Waals surface area contributed by atoms with Gasteiger partial charge in [-0.25, -0.2) is 8.42 Å². The minimum atomic E-state index is -3.65. The van der Waals surface area contributed by atoms with Gasteiger partial charge < -0.3 is 19.7 Å². The van der Waals surface area contributed by atoms with Crippen LogP contribution in [0, 0.1) is 0 Å². The van der Waals surface area contributed by atoms with Crippen molar-refractivity contribution in [1.82, 2.24) is 10.2 Å². The quantitative estimate of drug-likeness (QED) is 0.261. The van der Waals surface area contributed by atoms with Crippen LogP contribution in [0.15, 0.2) is 77.3 Å². The normalized spacial score (nSPS) is 13.2. The number of ether oxygens (including phenoxy) is 2. The molecule has 1 heterocycles. The Hall–Kier alpha value is -3.57. The van der Waals surface area contributed by atoms with E-state index in [4.69, 9.17) is 9.47 Å². The first-order chi connectivity index (χ1) is 20.7. The Morgan fingerprint density at radius 3 is 2.37 bits per heavy atom. The number of benzene rings is 3. The van der Waals surface area contributed by atoms with Crippen LogP contribution in [0.3, 0.4) is 0 Å². The monoisotopic (exact) mass is 671 g/mol. The summed E-state index contributed by atoms with van der Waals surface area (Å²) in [4.78, 5) is 29.1. The van der Waals surface area contributed by atoms with Gasteiger partial charge >= 0.3 is 0 Å². The molecule has 0 fully saturated rings. The molecule has 0 radical (unpaired) electrons. The van der Waals surface area contributed by atoms with Crippen molar-refractivity contribution in [2.24, 2.45) is 0 Å². The van der Waals surface area contributed by atoms with E-state index in [9.17, 15) is 18.0 Å². The van der Waals surface area contributed by atoms with E-state index in [1.807, 2.05) is 61.5 Å². The highest BCUT2D eigenvalue weighted by Crippen LogP contribution is 2.35. The lowest BCUT2D eigenvalue weighted by molar-refractivity contribution is -0.141. The van der Waals surface area contributed by atoms with E-state index in [1.54, 1.807) is 23.1 Å². The first-order valence-corrected chi connectivity index (χ1v) is 17.0. The fourth-order valence-electron chi connectivity index (χ4n) is 4.94. The Kier molecular flexibility index (Phi) is 11.5. The number of nitrogens with one attached hydrogen (secondary N) is 1. The summed E-state index contributed by atoms with van der Waals surface area (Å²) in [6.45, 7) is 3.61. The number of carbonyl (C=O) groups is 2. The van der Waals surface area contributed by atoms with Gasteiger partial charge in [-0.05, 0) is 48.2 Å². The van der Waals surface area contributed by atoms with Crippen LogP contribution in [-0.4, -0.2) is 63.7 Å². The van der Waals surface area contributed by atoms with Gasteiger partial charge in [0.25, 0.3) is 0 Å². The maximum Gasteiger partial charge on any atom is 0.243 e. The molecule has 4 rings (SSSR count). The lowest BCUT2D eigenvalue weighted by atomic mass is 10.0. The highest BCUT2D eigenvalue weighted by atomic mass is 79.9. The number of rotatable bonds is 14. The molecule has 0 saturated heterocycles. The Balaban J connectivity index is 1.56. The molecular weight excluding hydrogens is 634 g/mol. The Bertz CT molecular complexity index is 1500. The van der Waals surface area contributed by atoms with Crippen LogP contribution in [0.1, 0.15) is 37.3 Å². The molecule has 0 unspecified atom stereocenters. The first-order valence-electron chi connectivity index (χ1n) is 14.4. The Morgan fingerprint density at radius 2 is 1.67 bits per heavy atom. The third kappa shape index (κ3) is 9.21. The zero-order valence-corrected chi connectivity index (χ0v) is 26.9. The summed E-state index contributed by atoms with van der Waals surface area (Å²) in [6, 6.07) is 21.5. The Morgan fingerprint density at radius 1 is 0.953 bits per heavy atom. The van der Waals surface area contributed by atoms with Gasteiger partial charge in [0, 0.05) is 43.0 Å². The summed E-state index contributed by atoms with van der Waals surface area (Å²) in [5.74, 6) is 0.592. The maximum atomic E-state index is 13.9. The molecule has 0 aliphatic carbocycles. The van der Waals surface area contributed by atoms with Gasteiger partial charge in [-0.1, -0.05) is 65.3 Å². The van der Waals surface area contributed by atoms with Gasteiger partial charge in [-0.2, -0.15) is 0 Å². The van der Waals surface area contributed by atoms with E-state index in [0.717, 1.165) is 28.3 Å². The molecule has 9 nitrogen and oxygen atoms in total. The smallest absolute Gasteiger partial charge is 0.243 e. The first kappa shape index (κ1) is 32.3.